The molecular weight excluding hydrogens is 348 g/mol. The molecule has 1 aliphatic heterocycles. The van der Waals surface area contributed by atoms with Crippen molar-refractivity contribution < 1.29 is 9.47 Å². The quantitative estimate of drug-likeness (QED) is 0.382. The van der Waals surface area contributed by atoms with E-state index in [-0.39, 0.29) is 0 Å². The van der Waals surface area contributed by atoms with E-state index in [0.717, 1.165) is 43.8 Å². The molecule has 0 radical (unpaired) electrons. The number of unbranched alkanes of at least 4 members (excludes halogenated alkanes) is 4. The normalized spacial score (nSPS) is 14.6. The van der Waals surface area contributed by atoms with Crippen LogP contribution in [-0.2, 0) is 6.42 Å². The van der Waals surface area contributed by atoms with Crippen molar-refractivity contribution in [3.8, 4) is 17.6 Å². The van der Waals surface area contributed by atoms with E-state index in [1.165, 1.54) is 63.7 Å². The van der Waals surface area contributed by atoms with Crippen molar-refractivity contribution in [1.29, 1.82) is 5.26 Å². The first-order valence-corrected chi connectivity index (χ1v) is 11.3. The van der Waals surface area contributed by atoms with Crippen LogP contribution in [0.5, 0.6) is 11.5 Å². The van der Waals surface area contributed by atoms with Crippen LogP contribution in [0.15, 0.2) is 18.2 Å². The molecule has 0 aromatic heterocycles. The molecule has 28 heavy (non-hydrogen) atoms. The maximum atomic E-state index is 8.64. The lowest BCUT2D eigenvalue weighted by atomic mass is 10.1. The fraction of sp³-hybridized carbons (Fsp3) is 0.708. The van der Waals surface area contributed by atoms with Crippen LogP contribution < -0.4 is 9.47 Å². The average molecular weight is 387 g/mol. The third-order valence-corrected chi connectivity index (χ3v) is 5.30. The van der Waals surface area contributed by atoms with Crippen LogP contribution in [0.2, 0.25) is 0 Å². The molecular formula is C24H38N2O2. The highest BCUT2D eigenvalue weighted by Gasteiger charge is 2.10. The Balaban J connectivity index is 1.86. The number of hydrogen-bond donors (Lipinski definition) is 0. The first-order chi connectivity index (χ1) is 13.8. The van der Waals surface area contributed by atoms with Crippen molar-refractivity contribution in [3.63, 3.8) is 0 Å². The Morgan fingerprint density at radius 2 is 1.57 bits per heavy atom. The Kier molecular flexibility index (Phi) is 11.5. The van der Waals surface area contributed by atoms with Crippen LogP contribution in [-0.4, -0.2) is 37.7 Å². The molecule has 0 atom stereocenters. The molecule has 1 aromatic rings. The van der Waals surface area contributed by atoms with Crippen molar-refractivity contribution >= 4 is 0 Å². The minimum Gasteiger partial charge on any atom is -0.493 e. The summed E-state index contributed by atoms with van der Waals surface area (Å²) >= 11 is 0. The monoisotopic (exact) mass is 386 g/mol. The molecule has 156 valence electrons. The van der Waals surface area contributed by atoms with E-state index in [1.54, 1.807) is 0 Å². The van der Waals surface area contributed by atoms with Crippen LogP contribution in [0.3, 0.4) is 0 Å². The van der Waals surface area contributed by atoms with Gasteiger partial charge in [-0.1, -0.05) is 26.2 Å². The Morgan fingerprint density at radius 1 is 0.893 bits per heavy atom. The molecule has 2 rings (SSSR count). The number of nitriles is 1. The van der Waals surface area contributed by atoms with Crippen molar-refractivity contribution in [2.75, 3.05) is 32.8 Å². The molecule has 0 N–H and O–H groups in total. The minimum absolute atomic E-state index is 0.603. The Labute approximate surface area is 171 Å². The summed E-state index contributed by atoms with van der Waals surface area (Å²) in [4.78, 5) is 2.60. The van der Waals surface area contributed by atoms with Gasteiger partial charge in [0.05, 0.1) is 19.3 Å². The van der Waals surface area contributed by atoms with Gasteiger partial charge >= 0.3 is 0 Å². The maximum Gasteiger partial charge on any atom is 0.123 e. The van der Waals surface area contributed by atoms with E-state index in [4.69, 9.17) is 14.7 Å². The van der Waals surface area contributed by atoms with Crippen LogP contribution in [0.1, 0.15) is 76.7 Å². The van der Waals surface area contributed by atoms with Gasteiger partial charge < -0.3 is 14.4 Å². The molecule has 0 aliphatic carbocycles. The largest absolute Gasteiger partial charge is 0.493 e. The summed E-state index contributed by atoms with van der Waals surface area (Å²) in [6, 6.07) is 8.56. The predicted molar refractivity (Wildman–Crippen MR) is 115 cm³/mol. The average Bonchev–Trinajstić information content (AvgIpc) is 2.72. The number of rotatable bonds is 14. The van der Waals surface area contributed by atoms with Gasteiger partial charge in [0.25, 0.3) is 0 Å². The predicted octanol–water partition coefficient (Wildman–Crippen LogP) is 5.75. The maximum absolute atomic E-state index is 8.64. The van der Waals surface area contributed by atoms with Gasteiger partial charge in [-0.05, 0) is 82.3 Å². The summed E-state index contributed by atoms with van der Waals surface area (Å²) < 4.78 is 12.0. The highest BCUT2D eigenvalue weighted by Crippen LogP contribution is 2.25. The van der Waals surface area contributed by atoms with Crippen molar-refractivity contribution in [1.82, 2.24) is 4.90 Å². The Hall–Kier alpha value is -1.73. The zero-order chi connectivity index (χ0) is 19.9. The lowest BCUT2D eigenvalue weighted by molar-refractivity contribution is 0.226. The van der Waals surface area contributed by atoms with Gasteiger partial charge in [0, 0.05) is 12.5 Å². The fourth-order valence-corrected chi connectivity index (χ4v) is 3.67. The lowest BCUT2D eigenvalue weighted by Crippen LogP contribution is -2.30. The SMILES string of the molecule is CCCCCOc1cc(CCCN2CCCCC2)cc(OCCCCC#N)c1. The van der Waals surface area contributed by atoms with E-state index in [2.05, 4.69) is 30.0 Å². The summed E-state index contributed by atoms with van der Waals surface area (Å²) in [5.41, 5.74) is 1.30. The number of likely N-dealkylation sites (tertiary alicyclic amines) is 1. The lowest BCUT2D eigenvalue weighted by Gasteiger charge is -2.26. The van der Waals surface area contributed by atoms with Gasteiger partial charge in [0.2, 0.25) is 0 Å². The molecule has 1 aliphatic rings. The summed E-state index contributed by atoms with van der Waals surface area (Å²) in [6.07, 6.45) is 12.3. The summed E-state index contributed by atoms with van der Waals surface area (Å²) in [5.74, 6) is 1.83. The van der Waals surface area contributed by atoms with Crippen molar-refractivity contribution in [3.05, 3.63) is 23.8 Å². The number of nitrogens with zero attached hydrogens (tertiary/aromatic N) is 2. The fourth-order valence-electron chi connectivity index (χ4n) is 3.67. The van der Waals surface area contributed by atoms with E-state index in [1.807, 2.05) is 6.07 Å². The van der Waals surface area contributed by atoms with Crippen LogP contribution >= 0.6 is 0 Å². The van der Waals surface area contributed by atoms with Gasteiger partial charge in [0.15, 0.2) is 0 Å². The summed E-state index contributed by atoms with van der Waals surface area (Å²) in [7, 11) is 0. The second-order valence-corrected chi connectivity index (χ2v) is 7.84. The van der Waals surface area contributed by atoms with Crippen LogP contribution in [0.4, 0.5) is 0 Å². The molecule has 0 saturated carbocycles. The van der Waals surface area contributed by atoms with E-state index in [9.17, 15) is 0 Å². The van der Waals surface area contributed by atoms with Gasteiger partial charge in [0.1, 0.15) is 11.5 Å². The van der Waals surface area contributed by atoms with Crippen LogP contribution in [0.25, 0.3) is 0 Å². The standard InChI is InChI=1S/C24H38N2O2/c1-2-3-9-17-27-23-19-22(12-11-16-26-14-7-5-8-15-26)20-24(21-23)28-18-10-4-6-13-25/h19-21H,2-12,14-18H2,1H3. The minimum atomic E-state index is 0.603. The van der Waals surface area contributed by atoms with Crippen molar-refractivity contribution in [2.45, 2.75) is 77.6 Å². The number of ether oxygens (including phenoxy) is 2. The molecule has 4 heteroatoms. The summed E-state index contributed by atoms with van der Waals surface area (Å²) in [5, 5.41) is 8.64. The van der Waals surface area contributed by atoms with Gasteiger partial charge in [-0.2, -0.15) is 5.26 Å². The molecule has 1 heterocycles. The third-order valence-electron chi connectivity index (χ3n) is 5.30. The highest BCUT2D eigenvalue weighted by molar-refractivity contribution is 5.38. The number of benzene rings is 1. The zero-order valence-electron chi connectivity index (χ0n) is 17.8. The second kappa shape index (κ2) is 14.3. The topological polar surface area (TPSA) is 45.5 Å². The number of piperidine rings is 1. The van der Waals surface area contributed by atoms with E-state index >= 15 is 0 Å². The van der Waals surface area contributed by atoms with E-state index < -0.39 is 0 Å². The third kappa shape index (κ3) is 9.46. The first-order valence-electron chi connectivity index (χ1n) is 11.3. The van der Waals surface area contributed by atoms with E-state index in [0.29, 0.717) is 13.0 Å². The highest BCUT2D eigenvalue weighted by atomic mass is 16.5. The smallest absolute Gasteiger partial charge is 0.123 e. The van der Waals surface area contributed by atoms with Gasteiger partial charge in [-0.25, -0.2) is 0 Å². The molecule has 1 fully saturated rings. The molecule has 1 aromatic carbocycles. The van der Waals surface area contributed by atoms with Crippen molar-refractivity contribution in [2.24, 2.45) is 0 Å². The molecule has 0 amide bonds. The summed E-state index contributed by atoms with van der Waals surface area (Å²) in [6.45, 7) is 7.35. The molecule has 0 bridgehead atoms. The first kappa shape index (κ1) is 22.6. The van der Waals surface area contributed by atoms with Gasteiger partial charge in [-0.3, -0.25) is 0 Å². The Bertz CT molecular complexity index is 576. The molecule has 0 spiro atoms. The molecule has 1 saturated heterocycles. The zero-order valence-corrected chi connectivity index (χ0v) is 17.8. The number of hydrogen-bond acceptors (Lipinski definition) is 4. The van der Waals surface area contributed by atoms with Crippen LogP contribution in [0, 0.1) is 11.3 Å². The Morgan fingerprint density at radius 3 is 2.21 bits per heavy atom. The molecule has 0 unspecified atom stereocenters. The second-order valence-electron chi connectivity index (χ2n) is 7.84. The van der Waals surface area contributed by atoms with Gasteiger partial charge in [-0.15, -0.1) is 0 Å². The molecule has 4 nitrogen and oxygen atoms in total. The number of aryl methyl sites for hydroxylation is 1.